The van der Waals surface area contributed by atoms with Crippen molar-refractivity contribution in [3.8, 4) is 17.2 Å². The first-order valence-corrected chi connectivity index (χ1v) is 13.5. The van der Waals surface area contributed by atoms with Crippen LogP contribution < -0.4 is 5.43 Å². The summed E-state index contributed by atoms with van der Waals surface area (Å²) in [5.74, 6) is 1.53. The van der Waals surface area contributed by atoms with Crippen molar-refractivity contribution >= 4 is 11.0 Å². The van der Waals surface area contributed by atoms with Gasteiger partial charge in [-0.2, -0.15) is 5.26 Å². The van der Waals surface area contributed by atoms with Gasteiger partial charge in [-0.15, -0.1) is 10.2 Å². The molecule has 2 fully saturated rings. The maximum atomic E-state index is 13.9. The van der Waals surface area contributed by atoms with Crippen LogP contribution in [0.1, 0.15) is 55.1 Å². The smallest absolute Gasteiger partial charge is 0.200 e. The van der Waals surface area contributed by atoms with Gasteiger partial charge in [0.05, 0.1) is 22.4 Å². The van der Waals surface area contributed by atoms with E-state index in [0.717, 1.165) is 47.7 Å². The summed E-state index contributed by atoms with van der Waals surface area (Å²) in [4.78, 5) is 16.3. The highest BCUT2D eigenvalue weighted by molar-refractivity contribution is 5.84. The summed E-state index contributed by atoms with van der Waals surface area (Å²) in [6.45, 7) is 7.37. The zero-order chi connectivity index (χ0) is 26.4. The van der Waals surface area contributed by atoms with Crippen molar-refractivity contribution in [3.05, 3.63) is 81.7 Å². The fourth-order valence-electron chi connectivity index (χ4n) is 6.59. The average molecular weight is 508 g/mol. The van der Waals surface area contributed by atoms with Gasteiger partial charge in [0.25, 0.3) is 0 Å². The summed E-state index contributed by atoms with van der Waals surface area (Å²) in [7, 11) is 1.93. The number of benzene rings is 2. The number of likely N-dealkylation sites (tertiary alicyclic amines) is 1. The van der Waals surface area contributed by atoms with Crippen molar-refractivity contribution < 1.29 is 4.42 Å². The number of aryl methyl sites for hydroxylation is 2. The largest absolute Gasteiger partial charge is 0.463 e. The highest BCUT2D eigenvalue weighted by atomic mass is 16.3. The Kier molecular flexibility index (Phi) is 6.16. The maximum Gasteiger partial charge on any atom is 0.200 e. The van der Waals surface area contributed by atoms with Crippen LogP contribution in [0.5, 0.6) is 0 Å². The molecule has 0 bridgehead atoms. The van der Waals surface area contributed by atoms with Crippen LogP contribution in [0.15, 0.2) is 58.2 Å². The van der Waals surface area contributed by atoms with Gasteiger partial charge in [-0.1, -0.05) is 31.2 Å². The molecular weight excluding hydrogens is 474 g/mol. The van der Waals surface area contributed by atoms with E-state index in [-0.39, 0.29) is 11.3 Å². The van der Waals surface area contributed by atoms with Crippen LogP contribution in [0.25, 0.3) is 22.1 Å². The summed E-state index contributed by atoms with van der Waals surface area (Å²) < 4.78 is 8.01. The Hall–Kier alpha value is -3.76. The van der Waals surface area contributed by atoms with Crippen molar-refractivity contribution in [3.63, 3.8) is 0 Å². The second-order valence-electron chi connectivity index (χ2n) is 11.4. The van der Waals surface area contributed by atoms with Gasteiger partial charge in [0.15, 0.2) is 0 Å². The van der Waals surface area contributed by atoms with Gasteiger partial charge in [-0.3, -0.25) is 9.69 Å². The molecule has 0 unspecified atom stereocenters. The van der Waals surface area contributed by atoms with Gasteiger partial charge in [0, 0.05) is 26.1 Å². The summed E-state index contributed by atoms with van der Waals surface area (Å²) in [6, 6.07) is 14.6. The lowest BCUT2D eigenvalue weighted by Crippen LogP contribution is -2.43. The highest BCUT2D eigenvalue weighted by Gasteiger charge is 2.50. The van der Waals surface area contributed by atoms with E-state index in [9.17, 15) is 10.1 Å². The number of hydrogen-bond acceptors (Lipinski definition) is 6. The predicted octanol–water partition coefficient (Wildman–Crippen LogP) is 5.35. The molecule has 4 aromatic rings. The molecule has 1 atom stereocenters. The van der Waals surface area contributed by atoms with E-state index in [4.69, 9.17) is 4.42 Å². The predicted molar refractivity (Wildman–Crippen MR) is 146 cm³/mol. The van der Waals surface area contributed by atoms with Crippen molar-refractivity contribution in [1.29, 1.82) is 5.26 Å². The Morgan fingerprint density at radius 2 is 2.08 bits per heavy atom. The molecule has 2 aliphatic rings. The first-order chi connectivity index (χ1) is 18.4. The van der Waals surface area contributed by atoms with E-state index in [1.165, 1.54) is 12.8 Å². The van der Waals surface area contributed by atoms with E-state index in [1.54, 1.807) is 12.6 Å². The Morgan fingerprint density at radius 3 is 2.82 bits per heavy atom. The summed E-state index contributed by atoms with van der Waals surface area (Å²) in [5, 5.41) is 18.6. The number of piperidine rings is 1. The Bertz CT molecular complexity index is 1600. The average Bonchev–Trinajstić information content (AvgIpc) is 3.31. The van der Waals surface area contributed by atoms with E-state index < -0.39 is 5.41 Å². The number of fused-ring (bicyclic) bond motifs is 1. The molecule has 6 rings (SSSR count). The third-order valence-electron chi connectivity index (χ3n) is 8.50. The third kappa shape index (κ3) is 4.13. The Labute approximate surface area is 222 Å². The number of nitriles is 1. The molecule has 1 aliphatic carbocycles. The minimum Gasteiger partial charge on any atom is -0.463 e. The van der Waals surface area contributed by atoms with Crippen molar-refractivity contribution in [1.82, 2.24) is 19.7 Å². The van der Waals surface area contributed by atoms with Crippen LogP contribution in [0.2, 0.25) is 0 Å². The molecule has 0 amide bonds. The molecule has 2 aromatic carbocycles. The van der Waals surface area contributed by atoms with Gasteiger partial charge in [-0.25, -0.2) is 0 Å². The van der Waals surface area contributed by atoms with E-state index in [1.807, 2.05) is 36.7 Å². The topological polar surface area (TPSA) is 88.0 Å². The molecule has 194 valence electrons. The lowest BCUT2D eigenvalue weighted by molar-refractivity contribution is 0.176. The third-order valence-corrected chi connectivity index (χ3v) is 8.50. The first kappa shape index (κ1) is 24.6. The summed E-state index contributed by atoms with van der Waals surface area (Å²) in [5.41, 5.74) is 4.78. The first-order valence-electron chi connectivity index (χ1n) is 13.5. The lowest BCUT2D eigenvalue weighted by atomic mass is 9.58. The van der Waals surface area contributed by atoms with Gasteiger partial charge in [0.1, 0.15) is 24.0 Å². The molecule has 2 aromatic heterocycles. The van der Waals surface area contributed by atoms with Crippen LogP contribution in [-0.2, 0) is 19.0 Å². The number of hydrogen-bond donors (Lipinski definition) is 0. The fraction of sp³-hybridized carbons (Fsp3) is 0.419. The lowest BCUT2D eigenvalue weighted by Gasteiger charge is -2.44. The molecule has 1 saturated carbocycles. The van der Waals surface area contributed by atoms with Crippen LogP contribution in [-0.4, -0.2) is 32.8 Å². The van der Waals surface area contributed by atoms with Crippen molar-refractivity contribution in [2.45, 2.75) is 51.5 Å². The molecule has 0 radical (unpaired) electrons. The van der Waals surface area contributed by atoms with Gasteiger partial charge >= 0.3 is 0 Å². The second kappa shape index (κ2) is 9.52. The van der Waals surface area contributed by atoms with Crippen LogP contribution in [0.4, 0.5) is 0 Å². The maximum absolute atomic E-state index is 13.9. The fourth-order valence-corrected chi connectivity index (χ4v) is 6.59. The monoisotopic (exact) mass is 507 g/mol. The number of nitrogens with zero attached hydrogens (tertiary/aromatic N) is 5. The van der Waals surface area contributed by atoms with Crippen LogP contribution >= 0.6 is 0 Å². The molecule has 38 heavy (non-hydrogen) atoms. The minimum absolute atomic E-state index is 0.0171. The molecule has 1 saturated heterocycles. The van der Waals surface area contributed by atoms with E-state index >= 15 is 0 Å². The van der Waals surface area contributed by atoms with E-state index in [0.29, 0.717) is 35.3 Å². The van der Waals surface area contributed by atoms with Crippen molar-refractivity contribution in [2.24, 2.45) is 18.9 Å². The minimum atomic E-state index is -0.395. The highest BCUT2D eigenvalue weighted by Crippen LogP contribution is 2.51. The molecule has 0 N–H and O–H groups in total. The number of rotatable bonds is 5. The SMILES string of the molecule is Cc1cc(CN2CCC[C@H](C)C2)cc2c(=O)c(-c3cccc([C@]4(c5nncn5C)C[C@H](C#N)C4)c3)coc12. The summed E-state index contributed by atoms with van der Waals surface area (Å²) in [6.07, 6.45) is 7.17. The molecule has 0 spiro atoms. The molecule has 1 aliphatic heterocycles. The Balaban J connectivity index is 1.39. The molecular formula is C31H33N5O2. The van der Waals surface area contributed by atoms with Crippen molar-refractivity contribution in [2.75, 3.05) is 13.1 Å². The van der Waals surface area contributed by atoms with Crippen LogP contribution in [0, 0.1) is 30.1 Å². The summed E-state index contributed by atoms with van der Waals surface area (Å²) >= 11 is 0. The molecule has 7 nitrogen and oxygen atoms in total. The zero-order valence-electron chi connectivity index (χ0n) is 22.3. The molecule has 7 heteroatoms. The van der Waals surface area contributed by atoms with Gasteiger partial charge in [0.2, 0.25) is 5.43 Å². The molecule has 3 heterocycles. The van der Waals surface area contributed by atoms with Gasteiger partial charge in [-0.05, 0) is 79.5 Å². The standard InChI is InChI=1S/C31H33N5O2/c1-20-6-5-9-36(16-20)17-22-10-21(2)29-26(11-22)28(37)27(18-38-29)24-7-4-8-25(12-24)31(13-23(14-31)15-32)30-34-33-19-35(30)3/h4,7-8,10-12,18-20,23H,5-6,9,13-14,16-17H2,1-3H3/t20-,23-,31-/m0/s1. The van der Waals surface area contributed by atoms with Gasteiger partial charge < -0.3 is 8.98 Å². The second-order valence-corrected chi connectivity index (χ2v) is 11.4. The number of aromatic nitrogens is 3. The van der Waals surface area contributed by atoms with Crippen LogP contribution in [0.3, 0.4) is 0 Å². The zero-order valence-corrected chi connectivity index (χ0v) is 22.3. The van der Waals surface area contributed by atoms with E-state index in [2.05, 4.69) is 46.3 Å². The Morgan fingerprint density at radius 1 is 1.24 bits per heavy atom. The quantitative estimate of drug-likeness (QED) is 0.362. The normalized spacial score (nSPS) is 23.7.